The van der Waals surface area contributed by atoms with Crippen LogP contribution in [0.3, 0.4) is 0 Å². The Bertz CT molecular complexity index is 536. The van der Waals surface area contributed by atoms with E-state index in [4.69, 9.17) is 27.8 Å². The Morgan fingerprint density at radius 2 is 2.17 bits per heavy atom. The number of benzene rings is 1. The van der Waals surface area contributed by atoms with Crippen molar-refractivity contribution in [3.8, 4) is 0 Å². The van der Waals surface area contributed by atoms with Gasteiger partial charge in [0.25, 0.3) is 6.47 Å². The molecule has 6 N–H and O–H groups in total. The smallest absolute Gasteiger partial charge is 0.293 e. The Kier molecular flexibility index (Phi) is 7.62. The van der Waals surface area contributed by atoms with E-state index < -0.39 is 0 Å². The Morgan fingerprint density at radius 1 is 1.42 bits per heavy atom. The van der Waals surface area contributed by atoms with Gasteiger partial charge in [-0.2, -0.15) is 0 Å². The monoisotopic (exact) mass is 354 g/mol. The maximum Gasteiger partial charge on any atom is 0.293 e. The van der Waals surface area contributed by atoms with E-state index in [1.165, 1.54) is 0 Å². The maximum absolute atomic E-state index is 10.8. The van der Waals surface area contributed by atoms with Gasteiger partial charge >= 0.3 is 0 Å². The number of carbonyl (C=O) groups excluding carboxylic acids is 1. The molecule has 1 aromatic rings. The first-order chi connectivity index (χ1) is 11.6. The van der Waals surface area contributed by atoms with E-state index in [1.54, 1.807) is 12.1 Å². The highest BCUT2D eigenvalue weighted by Crippen LogP contribution is 2.27. The van der Waals surface area contributed by atoms with Gasteiger partial charge in [0.2, 0.25) is 0 Å². The van der Waals surface area contributed by atoms with Crippen molar-refractivity contribution in [2.24, 2.45) is 11.7 Å². The predicted molar refractivity (Wildman–Crippen MR) is 98.0 cm³/mol. The van der Waals surface area contributed by atoms with Gasteiger partial charge in [-0.05, 0) is 56.0 Å². The maximum atomic E-state index is 10.8. The number of rotatable bonds is 9. The minimum atomic E-state index is -0.0712. The van der Waals surface area contributed by atoms with Gasteiger partial charge in [0.15, 0.2) is 0 Å². The molecule has 24 heavy (non-hydrogen) atoms. The second-order valence-electron chi connectivity index (χ2n) is 6.23. The molecule has 134 valence electrons. The van der Waals surface area contributed by atoms with Crippen molar-refractivity contribution in [3.05, 3.63) is 22.7 Å². The van der Waals surface area contributed by atoms with Gasteiger partial charge in [0.1, 0.15) is 6.10 Å². The molecule has 0 spiro atoms. The quantitative estimate of drug-likeness (QED) is 0.400. The second kappa shape index (κ2) is 9.71. The highest BCUT2D eigenvalue weighted by Gasteiger charge is 2.19. The lowest BCUT2D eigenvalue weighted by atomic mass is 9.91. The van der Waals surface area contributed by atoms with Gasteiger partial charge in [-0.25, -0.2) is 0 Å². The van der Waals surface area contributed by atoms with Crippen LogP contribution in [0.1, 0.15) is 31.2 Å². The summed E-state index contributed by atoms with van der Waals surface area (Å²) in [5.41, 5.74) is 13.9. The molecule has 1 aliphatic heterocycles. The van der Waals surface area contributed by atoms with Crippen LogP contribution in [-0.2, 0) is 16.1 Å². The van der Waals surface area contributed by atoms with Crippen LogP contribution in [0.25, 0.3) is 0 Å². The van der Waals surface area contributed by atoms with Crippen molar-refractivity contribution in [2.45, 2.75) is 38.3 Å². The van der Waals surface area contributed by atoms with Gasteiger partial charge in [0.05, 0.1) is 11.4 Å². The molecular weight excluding hydrogens is 328 g/mol. The van der Waals surface area contributed by atoms with Crippen LogP contribution < -0.4 is 22.1 Å². The molecule has 0 aliphatic carbocycles. The fraction of sp³-hybridized carbons (Fsp3) is 0.588. The Balaban J connectivity index is 1.85. The molecule has 6 nitrogen and oxygen atoms in total. The highest BCUT2D eigenvalue weighted by molar-refractivity contribution is 6.31. The van der Waals surface area contributed by atoms with Crippen molar-refractivity contribution in [2.75, 3.05) is 30.7 Å². The SMILES string of the molecule is NCc1cc(N)c(NCCC(CC2CCNCC2)OC=O)cc1Cl. The molecule has 1 saturated heterocycles. The first-order valence-electron chi connectivity index (χ1n) is 8.45. The topological polar surface area (TPSA) is 102 Å². The molecule has 0 radical (unpaired) electrons. The zero-order valence-electron chi connectivity index (χ0n) is 13.9. The molecule has 0 aromatic heterocycles. The van der Waals surface area contributed by atoms with Crippen molar-refractivity contribution < 1.29 is 9.53 Å². The van der Waals surface area contributed by atoms with Gasteiger partial charge in [-0.3, -0.25) is 4.79 Å². The third kappa shape index (κ3) is 5.54. The van der Waals surface area contributed by atoms with Gasteiger partial charge < -0.3 is 26.8 Å². The number of hydrogen-bond acceptors (Lipinski definition) is 6. The van der Waals surface area contributed by atoms with Crippen LogP contribution in [0.5, 0.6) is 0 Å². The van der Waals surface area contributed by atoms with Crippen LogP contribution in [0.2, 0.25) is 5.02 Å². The first kappa shape index (κ1) is 18.8. The number of nitrogens with one attached hydrogen (secondary N) is 2. The molecule has 1 fully saturated rings. The van der Waals surface area contributed by atoms with E-state index in [9.17, 15) is 4.79 Å². The average Bonchev–Trinajstić information content (AvgIpc) is 2.58. The number of ether oxygens (including phenoxy) is 1. The Hall–Kier alpha value is -1.50. The molecule has 1 unspecified atom stereocenters. The normalized spacial score (nSPS) is 16.6. The van der Waals surface area contributed by atoms with E-state index in [2.05, 4.69) is 10.6 Å². The lowest BCUT2D eigenvalue weighted by Crippen LogP contribution is -2.30. The van der Waals surface area contributed by atoms with E-state index in [0.717, 1.165) is 50.0 Å². The summed E-state index contributed by atoms with van der Waals surface area (Å²) in [5.74, 6) is 0.611. The number of nitrogen functional groups attached to an aromatic ring is 1. The fourth-order valence-electron chi connectivity index (χ4n) is 3.12. The number of piperidine rings is 1. The van der Waals surface area contributed by atoms with E-state index >= 15 is 0 Å². The van der Waals surface area contributed by atoms with Crippen LogP contribution >= 0.6 is 11.6 Å². The molecule has 7 heteroatoms. The molecular formula is C17H27ClN4O2. The molecule has 0 bridgehead atoms. The molecule has 1 aliphatic rings. The van der Waals surface area contributed by atoms with Crippen molar-refractivity contribution in [1.29, 1.82) is 0 Å². The summed E-state index contributed by atoms with van der Waals surface area (Å²) < 4.78 is 5.26. The predicted octanol–water partition coefficient (Wildman–Crippen LogP) is 2.11. The molecule has 1 heterocycles. The average molecular weight is 355 g/mol. The van der Waals surface area contributed by atoms with E-state index in [1.807, 2.05) is 0 Å². The lowest BCUT2D eigenvalue weighted by molar-refractivity contribution is -0.134. The summed E-state index contributed by atoms with van der Waals surface area (Å²) in [6.07, 6.45) is 3.84. The molecule has 1 atom stereocenters. The molecule has 2 rings (SSSR count). The number of hydrogen-bond donors (Lipinski definition) is 4. The summed E-state index contributed by atoms with van der Waals surface area (Å²) >= 11 is 6.17. The molecule has 0 amide bonds. The van der Waals surface area contributed by atoms with Crippen molar-refractivity contribution in [3.63, 3.8) is 0 Å². The number of carbonyl (C=O) groups is 1. The highest BCUT2D eigenvalue weighted by atomic mass is 35.5. The minimum absolute atomic E-state index is 0.0712. The minimum Gasteiger partial charge on any atom is -0.465 e. The first-order valence-corrected chi connectivity index (χ1v) is 8.83. The third-order valence-corrected chi connectivity index (χ3v) is 4.88. The largest absolute Gasteiger partial charge is 0.465 e. The Morgan fingerprint density at radius 3 is 2.83 bits per heavy atom. The van der Waals surface area contributed by atoms with E-state index in [-0.39, 0.29) is 6.10 Å². The number of anilines is 2. The summed E-state index contributed by atoms with van der Waals surface area (Å²) in [4.78, 5) is 10.8. The second-order valence-corrected chi connectivity index (χ2v) is 6.64. The Labute approximate surface area is 148 Å². The van der Waals surface area contributed by atoms with Gasteiger partial charge in [-0.1, -0.05) is 11.6 Å². The fourth-order valence-corrected chi connectivity index (χ4v) is 3.36. The number of nitrogens with two attached hydrogens (primary N) is 2. The summed E-state index contributed by atoms with van der Waals surface area (Å²) in [6.45, 7) is 3.65. The third-order valence-electron chi connectivity index (χ3n) is 4.52. The lowest BCUT2D eigenvalue weighted by Gasteiger charge is -2.26. The molecule has 1 aromatic carbocycles. The van der Waals surface area contributed by atoms with Gasteiger partial charge in [0, 0.05) is 24.5 Å². The van der Waals surface area contributed by atoms with Crippen molar-refractivity contribution >= 4 is 29.4 Å². The number of halogens is 1. The van der Waals surface area contributed by atoms with Gasteiger partial charge in [-0.15, -0.1) is 0 Å². The van der Waals surface area contributed by atoms with Crippen LogP contribution in [0.4, 0.5) is 11.4 Å². The summed E-state index contributed by atoms with van der Waals surface area (Å²) in [7, 11) is 0. The molecule has 0 saturated carbocycles. The van der Waals surface area contributed by atoms with Crippen LogP contribution in [-0.4, -0.2) is 32.2 Å². The van der Waals surface area contributed by atoms with E-state index in [0.29, 0.717) is 36.2 Å². The zero-order chi connectivity index (χ0) is 17.4. The van der Waals surface area contributed by atoms with Crippen LogP contribution in [0, 0.1) is 5.92 Å². The standard InChI is InChI=1S/C17H27ClN4O2/c18-15-9-17(16(20)8-13(15)10-19)22-6-3-14(24-11-23)7-12-1-4-21-5-2-12/h8-9,11-12,14,21-22H,1-7,10,19-20H2. The van der Waals surface area contributed by atoms with Crippen LogP contribution in [0.15, 0.2) is 12.1 Å². The summed E-state index contributed by atoms with van der Waals surface area (Å²) in [5, 5.41) is 7.22. The summed E-state index contributed by atoms with van der Waals surface area (Å²) in [6, 6.07) is 3.58. The zero-order valence-corrected chi connectivity index (χ0v) is 14.6. The van der Waals surface area contributed by atoms with Crippen molar-refractivity contribution in [1.82, 2.24) is 5.32 Å².